The number of pyridine rings is 1. The fraction of sp³-hybridized carbons (Fsp3) is 0.375. The van der Waals surface area contributed by atoms with E-state index in [0.717, 1.165) is 30.9 Å². The minimum absolute atomic E-state index is 0.0743. The second-order valence-electron chi connectivity index (χ2n) is 7.19. The molecule has 1 aliphatic rings. The number of aromatic nitrogens is 1. The highest BCUT2D eigenvalue weighted by Gasteiger charge is 2.09. The number of halogens is 2. The van der Waals surface area contributed by atoms with Gasteiger partial charge in [-0.3, -0.25) is 15.0 Å². The van der Waals surface area contributed by atoms with Gasteiger partial charge in [0.15, 0.2) is 0 Å². The first kappa shape index (κ1) is 30.0. The Kier molecular flexibility index (Phi) is 14.9. The molecule has 2 aromatic rings. The summed E-state index contributed by atoms with van der Waals surface area (Å²) in [6, 6.07) is 11.3. The molecule has 6 N–H and O–H groups in total. The third-order valence-electron chi connectivity index (χ3n) is 4.45. The summed E-state index contributed by atoms with van der Waals surface area (Å²) in [6.45, 7) is 3.84. The smallest absolute Gasteiger partial charge is 0.307 e. The van der Waals surface area contributed by atoms with Crippen LogP contribution in [0.15, 0.2) is 36.4 Å². The second kappa shape index (κ2) is 17.4. The van der Waals surface area contributed by atoms with E-state index in [1.165, 1.54) is 12.0 Å². The first-order chi connectivity index (χ1) is 16.8. The largest absolute Gasteiger partial charge is 0.466 e. The maximum absolute atomic E-state index is 10.9. The Labute approximate surface area is 215 Å². The Bertz CT molecular complexity index is 970. The number of carbonyl (C=O) groups excluding carboxylic acids is 2. The minimum atomic E-state index is -0.663. The normalized spacial score (nSPS) is 11.2. The van der Waals surface area contributed by atoms with Crippen LogP contribution in [-0.4, -0.2) is 55.0 Å². The highest BCUT2D eigenvalue weighted by Crippen LogP contribution is 2.19. The van der Waals surface area contributed by atoms with Crippen LogP contribution in [0, 0.1) is 10.8 Å². The van der Waals surface area contributed by atoms with Crippen molar-refractivity contribution < 1.29 is 14.3 Å². The molecule has 1 aromatic heterocycles. The lowest BCUT2D eigenvalue weighted by molar-refractivity contribution is -0.142. The van der Waals surface area contributed by atoms with Gasteiger partial charge in [-0.2, -0.15) is 0 Å². The third kappa shape index (κ3) is 12.9. The number of anilines is 1. The van der Waals surface area contributed by atoms with Gasteiger partial charge in [0.1, 0.15) is 11.5 Å². The molecular formula is C24H32Cl2N6O3. The van der Waals surface area contributed by atoms with Gasteiger partial charge in [0.05, 0.1) is 13.0 Å². The van der Waals surface area contributed by atoms with Crippen molar-refractivity contribution in [2.24, 2.45) is 5.73 Å². The van der Waals surface area contributed by atoms with Gasteiger partial charge in [0.25, 0.3) is 5.91 Å². The van der Waals surface area contributed by atoms with E-state index in [1.54, 1.807) is 25.1 Å². The van der Waals surface area contributed by atoms with Crippen molar-refractivity contribution in [1.82, 2.24) is 10.3 Å². The van der Waals surface area contributed by atoms with Gasteiger partial charge in [-0.1, -0.05) is 35.3 Å². The van der Waals surface area contributed by atoms with Gasteiger partial charge < -0.3 is 26.5 Å². The van der Waals surface area contributed by atoms with Crippen LogP contribution in [0.25, 0.3) is 0 Å². The number of amides is 1. The lowest BCUT2D eigenvalue weighted by Crippen LogP contribution is -2.32. The molecule has 0 aliphatic carbocycles. The van der Waals surface area contributed by atoms with E-state index in [-0.39, 0.29) is 13.0 Å². The number of nitrogens with one attached hydrogen (secondary N) is 4. The molecule has 0 fully saturated rings. The van der Waals surface area contributed by atoms with Crippen molar-refractivity contribution in [2.75, 3.05) is 31.6 Å². The second-order valence-corrected chi connectivity index (χ2v) is 8.06. The number of esters is 1. The van der Waals surface area contributed by atoms with E-state index < -0.39 is 17.6 Å². The van der Waals surface area contributed by atoms with Gasteiger partial charge >= 0.3 is 5.97 Å². The lowest BCUT2D eigenvalue weighted by Gasteiger charge is -2.17. The molecule has 3 rings (SSSR count). The Hall–Kier alpha value is -3.01. The molecule has 0 saturated heterocycles. The van der Waals surface area contributed by atoms with Crippen molar-refractivity contribution in [2.45, 2.75) is 32.6 Å². The molecule has 1 aliphatic heterocycles. The molecule has 0 spiro atoms. The average molecular weight is 523 g/mol. The number of carbonyl (C=O) groups is 2. The average Bonchev–Trinajstić information content (AvgIpc) is 2.84. The molecule has 11 heteroatoms. The summed E-state index contributed by atoms with van der Waals surface area (Å²) in [7, 11) is 0. The van der Waals surface area contributed by atoms with Gasteiger partial charge in [0.2, 0.25) is 0 Å². The van der Waals surface area contributed by atoms with E-state index in [0.29, 0.717) is 29.4 Å². The molecule has 9 nitrogen and oxygen atoms in total. The van der Waals surface area contributed by atoms with Crippen LogP contribution < -0.4 is 16.4 Å². The van der Waals surface area contributed by atoms with Gasteiger partial charge in [0, 0.05) is 41.5 Å². The Morgan fingerprint density at radius 1 is 1.26 bits per heavy atom. The number of ether oxygens (including phenoxy) is 1. The molecule has 0 unspecified atom stereocenters. The molecule has 2 heterocycles. The molecule has 0 bridgehead atoms. The van der Waals surface area contributed by atoms with Gasteiger partial charge in [-0.15, -0.1) is 0 Å². The predicted octanol–water partition coefficient (Wildman–Crippen LogP) is 3.66. The summed E-state index contributed by atoms with van der Waals surface area (Å²) in [5, 5.41) is 20.5. The molecule has 0 saturated carbocycles. The zero-order valence-corrected chi connectivity index (χ0v) is 21.2. The fourth-order valence-electron chi connectivity index (χ4n) is 2.79. The van der Waals surface area contributed by atoms with Crippen molar-refractivity contribution in [1.29, 1.82) is 10.8 Å². The van der Waals surface area contributed by atoms with E-state index in [2.05, 4.69) is 32.5 Å². The number of benzene rings is 1. The van der Waals surface area contributed by atoms with Crippen LogP contribution in [0.2, 0.25) is 10.0 Å². The van der Waals surface area contributed by atoms with Crippen molar-refractivity contribution in [3.05, 3.63) is 57.7 Å². The van der Waals surface area contributed by atoms with Crippen LogP contribution in [-0.2, 0) is 27.2 Å². The third-order valence-corrected chi connectivity index (χ3v) is 4.92. The summed E-state index contributed by atoms with van der Waals surface area (Å²) < 4.78 is 4.62. The lowest BCUT2D eigenvalue weighted by atomic mass is 10.1. The van der Waals surface area contributed by atoms with Crippen LogP contribution in [0.4, 0.5) is 5.82 Å². The van der Waals surface area contributed by atoms with Crippen molar-refractivity contribution >= 4 is 52.8 Å². The highest BCUT2D eigenvalue weighted by molar-refractivity contribution is 6.59. The Morgan fingerprint density at radius 2 is 1.97 bits per heavy atom. The summed E-state index contributed by atoms with van der Waals surface area (Å²) in [5.74, 6) is 0.00989. The van der Waals surface area contributed by atoms with E-state index in [9.17, 15) is 9.59 Å². The summed E-state index contributed by atoms with van der Waals surface area (Å²) in [4.78, 5) is 26.2. The number of fused-ring (bicyclic) bond motifs is 1. The molecule has 35 heavy (non-hydrogen) atoms. The standard InChI is InChI=1S/C10H15N3.C8H13N3O3.C6H4Cl2/c11-6-5-9-4-3-8-2-1-7-12-10(8)13-9;1-2-14-7(12)3-4-11-8(13)6(10)5-9;7-5-2-1-3-6(8)4-5/h3-4H,1-2,5-7,11H2,(H,12,13);5,9-10H,2-4H2,1H3,(H,11,13);1-4H. The molecule has 0 atom stereocenters. The van der Waals surface area contributed by atoms with Crippen LogP contribution >= 0.6 is 23.2 Å². The van der Waals surface area contributed by atoms with Gasteiger partial charge in [-0.25, -0.2) is 4.98 Å². The molecule has 1 amide bonds. The topological polar surface area (TPSA) is 154 Å². The minimum Gasteiger partial charge on any atom is -0.466 e. The Balaban J connectivity index is 0.000000272. The predicted molar refractivity (Wildman–Crippen MR) is 141 cm³/mol. The molecule has 190 valence electrons. The van der Waals surface area contributed by atoms with Gasteiger partial charge in [-0.05, 0) is 56.1 Å². The molecule has 0 radical (unpaired) electrons. The number of aryl methyl sites for hydroxylation is 1. The zero-order valence-electron chi connectivity index (χ0n) is 19.7. The zero-order chi connectivity index (χ0) is 26.1. The number of hydrogen-bond donors (Lipinski definition) is 5. The SMILES string of the molecule is CCOC(=O)CCNC(=O)C(=N)C=N.Clc1cccc(Cl)c1.NCCc1ccc2c(n1)NCCC2. The summed E-state index contributed by atoms with van der Waals surface area (Å²) in [6.07, 6.45) is 3.95. The Morgan fingerprint density at radius 3 is 2.54 bits per heavy atom. The van der Waals surface area contributed by atoms with E-state index in [1.807, 2.05) is 6.07 Å². The highest BCUT2D eigenvalue weighted by atomic mass is 35.5. The summed E-state index contributed by atoms with van der Waals surface area (Å²) in [5.41, 5.74) is 7.47. The van der Waals surface area contributed by atoms with Crippen LogP contribution in [0.5, 0.6) is 0 Å². The number of rotatable bonds is 8. The molecule has 1 aromatic carbocycles. The van der Waals surface area contributed by atoms with Crippen molar-refractivity contribution in [3.8, 4) is 0 Å². The van der Waals surface area contributed by atoms with Crippen molar-refractivity contribution in [3.63, 3.8) is 0 Å². The number of hydrogen-bond acceptors (Lipinski definition) is 8. The monoisotopic (exact) mass is 522 g/mol. The molecular weight excluding hydrogens is 491 g/mol. The number of nitrogens with zero attached hydrogens (tertiary/aromatic N) is 1. The summed E-state index contributed by atoms with van der Waals surface area (Å²) >= 11 is 11.1. The van der Waals surface area contributed by atoms with Crippen LogP contribution in [0.3, 0.4) is 0 Å². The van der Waals surface area contributed by atoms with E-state index in [4.69, 9.17) is 39.8 Å². The van der Waals surface area contributed by atoms with Crippen LogP contribution in [0.1, 0.15) is 31.0 Å². The maximum atomic E-state index is 10.9. The maximum Gasteiger partial charge on any atom is 0.307 e. The first-order valence-electron chi connectivity index (χ1n) is 11.2. The number of nitrogens with two attached hydrogens (primary N) is 1. The first-order valence-corrected chi connectivity index (χ1v) is 11.9. The fourth-order valence-corrected chi connectivity index (χ4v) is 3.22. The van der Waals surface area contributed by atoms with E-state index >= 15 is 0 Å². The quantitative estimate of drug-likeness (QED) is 0.263.